The van der Waals surface area contributed by atoms with Crippen LogP contribution >= 0.6 is 0 Å². The summed E-state index contributed by atoms with van der Waals surface area (Å²) in [5.41, 5.74) is 9.48. The highest BCUT2D eigenvalue weighted by Crippen LogP contribution is 2.36. The molecular formula is C44H31N5. The van der Waals surface area contributed by atoms with E-state index >= 15 is 0 Å². The highest BCUT2D eigenvalue weighted by atomic mass is 15.2. The Morgan fingerprint density at radius 3 is 1.84 bits per heavy atom. The van der Waals surface area contributed by atoms with Crippen LogP contribution in [0.15, 0.2) is 186 Å². The summed E-state index contributed by atoms with van der Waals surface area (Å²) >= 11 is 0. The maximum absolute atomic E-state index is 5.23. The summed E-state index contributed by atoms with van der Waals surface area (Å²) in [5.74, 6) is 2.42. The van der Waals surface area contributed by atoms with E-state index in [1.54, 1.807) is 0 Å². The van der Waals surface area contributed by atoms with E-state index in [9.17, 15) is 0 Å². The third-order valence-electron chi connectivity index (χ3n) is 9.06. The van der Waals surface area contributed by atoms with E-state index in [-0.39, 0.29) is 6.17 Å². The average molecular weight is 630 g/mol. The van der Waals surface area contributed by atoms with E-state index in [1.807, 2.05) is 48.5 Å². The molecule has 1 aromatic heterocycles. The molecule has 8 aromatic rings. The van der Waals surface area contributed by atoms with Crippen molar-refractivity contribution in [2.24, 2.45) is 9.98 Å². The molecule has 1 unspecified atom stereocenters. The van der Waals surface area contributed by atoms with Crippen LogP contribution in [0.25, 0.3) is 50.0 Å². The topological polar surface area (TPSA) is 54.6 Å². The van der Waals surface area contributed by atoms with Crippen LogP contribution in [0.3, 0.4) is 0 Å². The number of nitrogens with zero attached hydrogens (tertiary/aromatic N) is 4. The molecule has 1 aliphatic heterocycles. The fourth-order valence-electron chi connectivity index (χ4n) is 6.66. The first-order valence-corrected chi connectivity index (χ1v) is 16.5. The van der Waals surface area contributed by atoms with Crippen molar-refractivity contribution in [3.8, 4) is 28.2 Å². The lowest BCUT2D eigenvalue weighted by Gasteiger charge is -2.26. The Balaban J connectivity index is 1.18. The largest absolute Gasteiger partial charge is 0.344 e. The quantitative estimate of drug-likeness (QED) is 0.199. The molecule has 0 spiro atoms. The summed E-state index contributed by atoms with van der Waals surface area (Å²) in [6, 6.07) is 61.0. The molecule has 2 heterocycles. The SMILES string of the molecule is c1ccc(C2=NC(c3cc4ccccc4cc3-c3ccc(-c4nc5ccccc5n4-c4ccccc4)cc3)NC(c3ccccc3)=N2)cc1. The third kappa shape index (κ3) is 5.37. The molecule has 7 aromatic carbocycles. The molecule has 232 valence electrons. The molecule has 0 aliphatic carbocycles. The fourth-order valence-corrected chi connectivity index (χ4v) is 6.66. The zero-order valence-corrected chi connectivity index (χ0v) is 26.6. The number of hydrogen-bond acceptors (Lipinski definition) is 4. The van der Waals surface area contributed by atoms with Crippen molar-refractivity contribution in [2.75, 3.05) is 0 Å². The van der Waals surface area contributed by atoms with Gasteiger partial charge in [0.15, 0.2) is 5.84 Å². The van der Waals surface area contributed by atoms with Gasteiger partial charge in [0.05, 0.1) is 11.0 Å². The predicted molar refractivity (Wildman–Crippen MR) is 201 cm³/mol. The lowest BCUT2D eigenvalue weighted by Crippen LogP contribution is -2.33. The molecule has 0 saturated heterocycles. The molecule has 5 heteroatoms. The molecule has 0 radical (unpaired) electrons. The Kier molecular flexibility index (Phi) is 7.13. The lowest BCUT2D eigenvalue weighted by atomic mass is 9.93. The first kappa shape index (κ1) is 28.6. The Morgan fingerprint density at radius 1 is 0.510 bits per heavy atom. The van der Waals surface area contributed by atoms with Crippen molar-refractivity contribution in [1.29, 1.82) is 0 Å². The van der Waals surface area contributed by atoms with E-state index in [0.29, 0.717) is 5.84 Å². The van der Waals surface area contributed by atoms with Gasteiger partial charge >= 0.3 is 0 Å². The number of imidazole rings is 1. The molecular weight excluding hydrogens is 599 g/mol. The Morgan fingerprint density at radius 2 is 1.10 bits per heavy atom. The van der Waals surface area contributed by atoms with Crippen LogP contribution in [0.2, 0.25) is 0 Å². The first-order valence-electron chi connectivity index (χ1n) is 16.5. The first-order chi connectivity index (χ1) is 24.3. The molecule has 9 rings (SSSR count). The standard InChI is InChI=1S/C44H31N5/c1-4-14-31(15-5-1)41-46-42(32-16-6-2-7-17-32)48-43(47-41)38-29-35-19-11-10-18-34(35)28-37(38)30-24-26-33(27-25-30)44-45-39-22-12-13-23-40(39)49(44)36-20-8-3-9-21-36/h1-29,43H,(H,46,47,48). The van der Waals surface area contributed by atoms with Crippen LogP contribution in [-0.4, -0.2) is 21.2 Å². The molecule has 1 N–H and O–H groups in total. The number of hydrogen-bond donors (Lipinski definition) is 1. The summed E-state index contributed by atoms with van der Waals surface area (Å²) in [6.07, 6.45) is -0.357. The number of rotatable bonds is 6. The molecule has 0 bridgehead atoms. The van der Waals surface area contributed by atoms with Crippen molar-refractivity contribution < 1.29 is 0 Å². The smallest absolute Gasteiger partial charge is 0.159 e. The van der Waals surface area contributed by atoms with Gasteiger partial charge in [-0.15, -0.1) is 0 Å². The highest BCUT2D eigenvalue weighted by molar-refractivity contribution is 6.13. The number of aliphatic imine (C=N–C) groups is 2. The number of nitrogens with one attached hydrogen (secondary N) is 1. The Hall–Kier alpha value is -6.59. The van der Waals surface area contributed by atoms with E-state index in [1.165, 1.54) is 5.39 Å². The second-order valence-corrected chi connectivity index (χ2v) is 12.2. The minimum atomic E-state index is -0.357. The predicted octanol–water partition coefficient (Wildman–Crippen LogP) is 10.0. The van der Waals surface area contributed by atoms with Crippen molar-refractivity contribution >= 4 is 33.5 Å². The normalized spacial score (nSPS) is 14.3. The number of amidine groups is 2. The van der Waals surface area contributed by atoms with E-state index in [0.717, 1.165) is 67.1 Å². The zero-order chi connectivity index (χ0) is 32.6. The van der Waals surface area contributed by atoms with Crippen LogP contribution < -0.4 is 5.32 Å². The van der Waals surface area contributed by atoms with E-state index in [2.05, 4.69) is 137 Å². The van der Waals surface area contributed by atoms with Crippen molar-refractivity contribution in [3.05, 3.63) is 193 Å². The maximum Gasteiger partial charge on any atom is 0.159 e. The number of fused-ring (bicyclic) bond motifs is 2. The lowest BCUT2D eigenvalue weighted by molar-refractivity contribution is 0.676. The minimum Gasteiger partial charge on any atom is -0.344 e. The van der Waals surface area contributed by atoms with Crippen LogP contribution in [-0.2, 0) is 0 Å². The fraction of sp³-hybridized carbons (Fsp3) is 0.0227. The average Bonchev–Trinajstić information content (AvgIpc) is 3.58. The van der Waals surface area contributed by atoms with Crippen LogP contribution in [0.1, 0.15) is 22.9 Å². The molecule has 49 heavy (non-hydrogen) atoms. The van der Waals surface area contributed by atoms with Gasteiger partial charge in [-0.25, -0.2) is 15.0 Å². The molecule has 0 saturated carbocycles. The van der Waals surface area contributed by atoms with E-state index < -0.39 is 0 Å². The van der Waals surface area contributed by atoms with Crippen molar-refractivity contribution in [3.63, 3.8) is 0 Å². The van der Waals surface area contributed by atoms with Crippen LogP contribution in [0.4, 0.5) is 0 Å². The highest BCUT2D eigenvalue weighted by Gasteiger charge is 2.24. The summed E-state index contributed by atoms with van der Waals surface area (Å²) in [7, 11) is 0. The van der Waals surface area contributed by atoms with Crippen molar-refractivity contribution in [1.82, 2.24) is 14.9 Å². The van der Waals surface area contributed by atoms with Crippen molar-refractivity contribution in [2.45, 2.75) is 6.17 Å². The molecule has 5 nitrogen and oxygen atoms in total. The van der Waals surface area contributed by atoms with Gasteiger partial charge in [-0.3, -0.25) is 4.57 Å². The third-order valence-corrected chi connectivity index (χ3v) is 9.06. The number of aromatic nitrogens is 2. The van der Waals surface area contributed by atoms with Crippen LogP contribution in [0.5, 0.6) is 0 Å². The van der Waals surface area contributed by atoms with Gasteiger partial charge < -0.3 is 5.32 Å². The summed E-state index contributed by atoms with van der Waals surface area (Å²) < 4.78 is 2.24. The zero-order valence-electron chi connectivity index (χ0n) is 26.6. The maximum atomic E-state index is 5.23. The van der Waals surface area contributed by atoms with Gasteiger partial charge in [0, 0.05) is 27.9 Å². The minimum absolute atomic E-state index is 0.357. The van der Waals surface area contributed by atoms with Gasteiger partial charge in [-0.05, 0) is 58.3 Å². The van der Waals surface area contributed by atoms with Gasteiger partial charge in [-0.2, -0.15) is 0 Å². The second-order valence-electron chi connectivity index (χ2n) is 12.2. The number of para-hydroxylation sites is 3. The Labute approximate surface area is 284 Å². The van der Waals surface area contributed by atoms with Gasteiger partial charge in [0.1, 0.15) is 17.8 Å². The van der Waals surface area contributed by atoms with Gasteiger partial charge in [0.2, 0.25) is 0 Å². The second kappa shape index (κ2) is 12.2. The Bertz CT molecular complexity index is 2500. The monoisotopic (exact) mass is 629 g/mol. The van der Waals surface area contributed by atoms with E-state index in [4.69, 9.17) is 15.0 Å². The summed E-state index contributed by atoms with van der Waals surface area (Å²) in [6.45, 7) is 0. The molecule has 1 aliphatic rings. The molecule has 0 amide bonds. The van der Waals surface area contributed by atoms with Gasteiger partial charge in [0.25, 0.3) is 0 Å². The molecule has 0 fully saturated rings. The number of benzene rings is 7. The summed E-state index contributed by atoms with van der Waals surface area (Å²) in [4.78, 5) is 15.3. The van der Waals surface area contributed by atoms with Crippen LogP contribution in [0, 0.1) is 0 Å². The van der Waals surface area contributed by atoms with Gasteiger partial charge in [-0.1, -0.05) is 140 Å². The summed E-state index contributed by atoms with van der Waals surface area (Å²) in [5, 5.41) is 6.03. The molecule has 1 atom stereocenters.